The van der Waals surface area contributed by atoms with Crippen LogP contribution in [0.1, 0.15) is 20.8 Å². The summed E-state index contributed by atoms with van der Waals surface area (Å²) in [5, 5.41) is 21.0. The minimum atomic E-state index is -0.683. The predicted octanol–water partition coefficient (Wildman–Crippen LogP) is -0.00970. The number of ether oxygens (including phenoxy) is 1. The van der Waals surface area contributed by atoms with Crippen molar-refractivity contribution >= 4 is 0 Å². The average molecular weight is 205 g/mol. The number of nitrogens with one attached hydrogen (secondary N) is 1. The molecular weight excluding hydrogens is 182 g/mol. The summed E-state index contributed by atoms with van der Waals surface area (Å²) in [6.45, 7) is 7.71. The topological polar surface area (TPSA) is 61.7 Å². The van der Waals surface area contributed by atoms with Crippen LogP contribution < -0.4 is 5.32 Å². The van der Waals surface area contributed by atoms with Gasteiger partial charge in [-0.1, -0.05) is 13.8 Å². The third-order valence-electron chi connectivity index (χ3n) is 2.13. The number of hydrogen-bond acceptors (Lipinski definition) is 4. The zero-order valence-corrected chi connectivity index (χ0v) is 9.36. The monoisotopic (exact) mass is 205 g/mol. The molecule has 86 valence electrons. The third-order valence-corrected chi connectivity index (χ3v) is 2.13. The number of aliphatic hydroxyl groups is 2. The van der Waals surface area contributed by atoms with Gasteiger partial charge in [-0.2, -0.15) is 0 Å². The van der Waals surface area contributed by atoms with Gasteiger partial charge in [-0.05, 0) is 12.8 Å². The number of hydrogen-bond donors (Lipinski definition) is 3. The second kappa shape index (κ2) is 8.17. The summed E-state index contributed by atoms with van der Waals surface area (Å²) >= 11 is 0. The van der Waals surface area contributed by atoms with Crippen LogP contribution in [0.4, 0.5) is 0 Å². The summed E-state index contributed by atoms with van der Waals surface area (Å²) < 4.78 is 5.32. The van der Waals surface area contributed by atoms with Crippen LogP contribution >= 0.6 is 0 Å². The molecular formula is C10H23NO3. The van der Waals surface area contributed by atoms with Gasteiger partial charge in [0.1, 0.15) is 0 Å². The van der Waals surface area contributed by atoms with Crippen molar-refractivity contribution in [3.63, 3.8) is 0 Å². The van der Waals surface area contributed by atoms with Crippen molar-refractivity contribution in [1.29, 1.82) is 0 Å². The highest BCUT2D eigenvalue weighted by Gasteiger charge is 2.14. The Bertz CT molecular complexity index is 131. The van der Waals surface area contributed by atoms with E-state index in [1.54, 1.807) is 0 Å². The molecule has 0 aliphatic rings. The van der Waals surface area contributed by atoms with Crippen LogP contribution in [0, 0.1) is 5.92 Å². The molecule has 0 bridgehead atoms. The van der Waals surface area contributed by atoms with Gasteiger partial charge >= 0.3 is 0 Å². The number of rotatable bonds is 8. The molecule has 0 radical (unpaired) electrons. The lowest BCUT2D eigenvalue weighted by molar-refractivity contribution is 0.0735. The Hall–Kier alpha value is -0.160. The molecule has 0 amide bonds. The molecule has 0 fully saturated rings. The molecule has 4 heteroatoms. The minimum absolute atomic E-state index is 0.202. The third kappa shape index (κ3) is 6.32. The van der Waals surface area contributed by atoms with E-state index in [4.69, 9.17) is 14.9 Å². The van der Waals surface area contributed by atoms with E-state index in [-0.39, 0.29) is 12.6 Å². The summed E-state index contributed by atoms with van der Waals surface area (Å²) in [5.74, 6) is 0.451. The highest BCUT2D eigenvalue weighted by atomic mass is 16.5. The van der Waals surface area contributed by atoms with Crippen molar-refractivity contribution < 1.29 is 14.9 Å². The van der Waals surface area contributed by atoms with E-state index in [9.17, 15) is 0 Å². The van der Waals surface area contributed by atoms with E-state index >= 15 is 0 Å². The average Bonchev–Trinajstić information content (AvgIpc) is 2.16. The van der Waals surface area contributed by atoms with Gasteiger partial charge in [-0.3, -0.25) is 0 Å². The first-order chi connectivity index (χ1) is 6.61. The van der Waals surface area contributed by atoms with Gasteiger partial charge in [0.15, 0.2) is 0 Å². The van der Waals surface area contributed by atoms with Gasteiger partial charge in [-0.15, -0.1) is 0 Å². The summed E-state index contributed by atoms with van der Waals surface area (Å²) in [6, 6.07) is 0.233. The summed E-state index contributed by atoms with van der Waals surface area (Å²) in [7, 11) is 0. The fraction of sp³-hybridized carbons (Fsp3) is 1.00. The van der Waals surface area contributed by atoms with E-state index in [1.807, 2.05) is 6.92 Å². The molecule has 0 rings (SSSR count). The van der Waals surface area contributed by atoms with Crippen LogP contribution in [-0.4, -0.2) is 48.7 Å². The summed E-state index contributed by atoms with van der Waals surface area (Å²) in [6.07, 6.45) is -0.683. The Balaban J connectivity index is 3.73. The van der Waals surface area contributed by atoms with E-state index in [0.717, 1.165) is 0 Å². The predicted molar refractivity (Wildman–Crippen MR) is 56.2 cm³/mol. The molecule has 0 saturated heterocycles. The normalized spacial score (nSPS) is 15.9. The molecule has 2 unspecified atom stereocenters. The van der Waals surface area contributed by atoms with Gasteiger partial charge in [0.25, 0.3) is 0 Å². The maximum absolute atomic E-state index is 9.16. The molecule has 0 aliphatic heterocycles. The maximum Gasteiger partial charge on any atom is 0.0895 e. The summed E-state index contributed by atoms with van der Waals surface area (Å²) in [4.78, 5) is 0. The van der Waals surface area contributed by atoms with Crippen LogP contribution in [0.25, 0.3) is 0 Å². The molecule has 0 heterocycles. The van der Waals surface area contributed by atoms with Crippen LogP contribution in [0.2, 0.25) is 0 Å². The van der Waals surface area contributed by atoms with Gasteiger partial charge in [0.05, 0.1) is 19.3 Å². The molecule has 0 aromatic heterocycles. The molecule has 3 N–H and O–H groups in total. The first-order valence-corrected chi connectivity index (χ1v) is 5.21. The second-order valence-corrected chi connectivity index (χ2v) is 3.75. The first kappa shape index (κ1) is 13.8. The first-order valence-electron chi connectivity index (χ1n) is 5.21. The molecule has 0 saturated carbocycles. The quantitative estimate of drug-likeness (QED) is 0.521. The van der Waals surface area contributed by atoms with E-state index in [0.29, 0.717) is 25.7 Å². The van der Waals surface area contributed by atoms with E-state index < -0.39 is 6.10 Å². The lowest BCUT2D eigenvalue weighted by Gasteiger charge is -2.23. The smallest absolute Gasteiger partial charge is 0.0895 e. The Kier molecular flexibility index (Phi) is 8.08. The van der Waals surface area contributed by atoms with Crippen molar-refractivity contribution in [2.24, 2.45) is 5.92 Å². The molecule has 14 heavy (non-hydrogen) atoms. The lowest BCUT2D eigenvalue weighted by atomic mass is 10.1. The van der Waals surface area contributed by atoms with Crippen molar-refractivity contribution in [2.75, 3.05) is 26.4 Å². The molecule has 0 spiro atoms. The standard InChI is InChI=1S/C10H23NO3/c1-4-14-7-10(8(2)3)11-5-9(13)6-12/h8-13H,4-7H2,1-3H3. The SMILES string of the molecule is CCOCC(NCC(O)CO)C(C)C. The Morgan fingerprint density at radius 3 is 2.43 bits per heavy atom. The molecule has 4 nitrogen and oxygen atoms in total. The second-order valence-electron chi connectivity index (χ2n) is 3.75. The highest BCUT2D eigenvalue weighted by Crippen LogP contribution is 2.02. The highest BCUT2D eigenvalue weighted by molar-refractivity contribution is 4.71. The van der Waals surface area contributed by atoms with Crippen LogP contribution in [0.5, 0.6) is 0 Å². The molecule has 0 aromatic carbocycles. The molecule has 0 aromatic rings. The minimum Gasteiger partial charge on any atom is -0.394 e. The Morgan fingerprint density at radius 1 is 1.36 bits per heavy atom. The zero-order valence-electron chi connectivity index (χ0n) is 9.36. The number of aliphatic hydroxyl groups excluding tert-OH is 2. The van der Waals surface area contributed by atoms with Gasteiger partial charge in [-0.25, -0.2) is 0 Å². The fourth-order valence-corrected chi connectivity index (χ4v) is 1.08. The lowest BCUT2D eigenvalue weighted by Crippen LogP contribution is -2.42. The van der Waals surface area contributed by atoms with Gasteiger partial charge < -0.3 is 20.3 Å². The molecule has 0 aliphatic carbocycles. The van der Waals surface area contributed by atoms with Crippen LogP contribution in [0.15, 0.2) is 0 Å². The Morgan fingerprint density at radius 2 is 2.00 bits per heavy atom. The maximum atomic E-state index is 9.16. The van der Waals surface area contributed by atoms with Gasteiger partial charge in [0, 0.05) is 19.2 Å². The van der Waals surface area contributed by atoms with E-state index in [1.165, 1.54) is 0 Å². The van der Waals surface area contributed by atoms with Crippen molar-refractivity contribution in [3.05, 3.63) is 0 Å². The Labute approximate surface area is 86.3 Å². The zero-order chi connectivity index (χ0) is 11.0. The van der Waals surface area contributed by atoms with Crippen molar-refractivity contribution in [3.8, 4) is 0 Å². The molecule has 2 atom stereocenters. The van der Waals surface area contributed by atoms with Crippen molar-refractivity contribution in [2.45, 2.75) is 32.9 Å². The van der Waals surface area contributed by atoms with Gasteiger partial charge in [0.2, 0.25) is 0 Å². The van der Waals surface area contributed by atoms with Crippen LogP contribution in [-0.2, 0) is 4.74 Å². The van der Waals surface area contributed by atoms with Crippen LogP contribution in [0.3, 0.4) is 0 Å². The summed E-state index contributed by atoms with van der Waals surface area (Å²) in [5.41, 5.74) is 0. The van der Waals surface area contributed by atoms with Crippen molar-refractivity contribution in [1.82, 2.24) is 5.32 Å². The largest absolute Gasteiger partial charge is 0.394 e. The fourth-order valence-electron chi connectivity index (χ4n) is 1.08. The van der Waals surface area contributed by atoms with E-state index in [2.05, 4.69) is 19.2 Å².